The normalized spacial score (nSPS) is 16.4. The Morgan fingerprint density at radius 1 is 1.39 bits per heavy atom. The van der Waals surface area contributed by atoms with Gasteiger partial charge in [-0.15, -0.1) is 0 Å². The van der Waals surface area contributed by atoms with Crippen molar-refractivity contribution in [3.05, 3.63) is 29.8 Å². The van der Waals surface area contributed by atoms with E-state index in [1.165, 1.54) is 12.1 Å². The van der Waals surface area contributed by atoms with Crippen LogP contribution in [0.15, 0.2) is 24.3 Å². The number of ether oxygens (including phenoxy) is 1. The first kappa shape index (κ1) is 12.8. The minimum Gasteiger partial charge on any atom is -0.434 e. The van der Waals surface area contributed by atoms with Gasteiger partial charge >= 0.3 is 6.61 Å². The second kappa shape index (κ2) is 5.33. The average molecular weight is 255 g/mol. The van der Waals surface area contributed by atoms with Crippen LogP contribution in [-0.2, 0) is 0 Å². The number of hydrogen-bond acceptors (Lipinski definition) is 2. The number of carbonyl (C=O) groups excluding carboxylic acids is 1. The molecular weight excluding hydrogens is 240 g/mol. The minimum absolute atomic E-state index is 0.0668. The average Bonchev–Trinajstić information content (AvgIpc) is 3.12. The number of carbonyl (C=O) groups is 1. The van der Waals surface area contributed by atoms with Gasteiger partial charge in [0.05, 0.1) is 5.56 Å². The minimum atomic E-state index is -2.93. The summed E-state index contributed by atoms with van der Waals surface area (Å²) in [5.41, 5.74) is 0.144. The van der Waals surface area contributed by atoms with Gasteiger partial charge in [0, 0.05) is 6.04 Å². The van der Waals surface area contributed by atoms with Crippen LogP contribution in [0.4, 0.5) is 8.78 Å². The van der Waals surface area contributed by atoms with Crippen molar-refractivity contribution in [1.82, 2.24) is 5.32 Å². The number of hydrogen-bond donors (Lipinski definition) is 1. The second-order valence-corrected chi connectivity index (χ2v) is 4.47. The fourth-order valence-corrected chi connectivity index (χ4v) is 1.85. The first-order valence-corrected chi connectivity index (χ1v) is 5.92. The first-order valence-electron chi connectivity index (χ1n) is 5.92. The molecule has 3 nitrogen and oxygen atoms in total. The molecule has 1 aliphatic carbocycles. The van der Waals surface area contributed by atoms with E-state index in [-0.39, 0.29) is 23.3 Å². The van der Waals surface area contributed by atoms with Crippen LogP contribution in [0, 0.1) is 5.92 Å². The predicted molar refractivity (Wildman–Crippen MR) is 62.7 cm³/mol. The van der Waals surface area contributed by atoms with Crippen molar-refractivity contribution in [3.63, 3.8) is 0 Å². The zero-order valence-corrected chi connectivity index (χ0v) is 10.0. The zero-order valence-electron chi connectivity index (χ0n) is 10.0. The maximum Gasteiger partial charge on any atom is 0.387 e. The molecule has 0 aliphatic heterocycles. The molecule has 5 heteroatoms. The standard InChI is InChI=1S/C13H15F2NO2/c1-8(9-6-7-9)16-12(17)10-4-2-3-5-11(10)18-13(14)15/h2-5,8-9,13H,6-7H2,1H3,(H,16,17). The highest BCUT2D eigenvalue weighted by Gasteiger charge is 2.29. The maximum atomic E-state index is 12.2. The quantitative estimate of drug-likeness (QED) is 0.878. The van der Waals surface area contributed by atoms with Crippen LogP contribution < -0.4 is 10.1 Å². The third-order valence-electron chi connectivity index (χ3n) is 3.04. The van der Waals surface area contributed by atoms with Crippen molar-refractivity contribution in [3.8, 4) is 5.75 Å². The summed E-state index contributed by atoms with van der Waals surface area (Å²) in [4.78, 5) is 12.0. The van der Waals surface area contributed by atoms with Crippen molar-refractivity contribution >= 4 is 5.91 Å². The summed E-state index contributed by atoms with van der Waals surface area (Å²) in [6.07, 6.45) is 2.22. The Hall–Kier alpha value is -1.65. The van der Waals surface area contributed by atoms with Crippen molar-refractivity contribution in [2.75, 3.05) is 0 Å². The molecular formula is C13H15F2NO2. The molecule has 0 saturated heterocycles. The van der Waals surface area contributed by atoms with Gasteiger partial charge in [0.2, 0.25) is 0 Å². The summed E-state index contributed by atoms with van der Waals surface area (Å²) in [6.45, 7) is -1.01. The molecule has 98 valence electrons. The Morgan fingerprint density at radius 3 is 2.67 bits per heavy atom. The van der Waals surface area contributed by atoms with Gasteiger partial charge in [0.25, 0.3) is 5.91 Å². The number of amides is 1. The van der Waals surface area contributed by atoms with Crippen molar-refractivity contribution in [2.24, 2.45) is 5.92 Å². The molecule has 1 fully saturated rings. The van der Waals surface area contributed by atoms with Gasteiger partial charge in [-0.25, -0.2) is 0 Å². The van der Waals surface area contributed by atoms with Crippen LogP contribution in [0.2, 0.25) is 0 Å². The molecule has 18 heavy (non-hydrogen) atoms. The molecule has 1 N–H and O–H groups in total. The molecule has 0 radical (unpaired) electrons. The molecule has 0 heterocycles. The molecule has 1 aromatic rings. The van der Waals surface area contributed by atoms with Crippen LogP contribution in [0.3, 0.4) is 0 Å². The van der Waals surface area contributed by atoms with E-state index < -0.39 is 6.61 Å². The van der Waals surface area contributed by atoms with E-state index in [9.17, 15) is 13.6 Å². The van der Waals surface area contributed by atoms with Gasteiger partial charge < -0.3 is 10.1 Å². The van der Waals surface area contributed by atoms with Crippen molar-refractivity contribution in [2.45, 2.75) is 32.4 Å². The summed E-state index contributed by atoms with van der Waals surface area (Å²) >= 11 is 0. The number of alkyl halides is 2. The lowest BCUT2D eigenvalue weighted by Gasteiger charge is -2.15. The molecule has 0 spiro atoms. The summed E-state index contributed by atoms with van der Waals surface area (Å²) in [5, 5.41) is 2.81. The molecule has 0 bridgehead atoms. The molecule has 2 rings (SSSR count). The van der Waals surface area contributed by atoms with Gasteiger partial charge in [0.1, 0.15) is 5.75 Å². The van der Waals surface area contributed by atoms with E-state index >= 15 is 0 Å². The van der Waals surface area contributed by atoms with Gasteiger partial charge in [-0.2, -0.15) is 8.78 Å². The van der Waals surface area contributed by atoms with Crippen LogP contribution in [0.1, 0.15) is 30.1 Å². The Labute approximate surface area is 104 Å². The molecule has 1 atom stereocenters. The summed E-state index contributed by atoms with van der Waals surface area (Å²) in [5.74, 6) is 0.0516. The van der Waals surface area contributed by atoms with Crippen molar-refractivity contribution < 1.29 is 18.3 Å². The maximum absolute atomic E-state index is 12.2. The predicted octanol–water partition coefficient (Wildman–Crippen LogP) is 2.82. The van der Waals surface area contributed by atoms with E-state index in [1.54, 1.807) is 12.1 Å². The molecule has 1 amide bonds. The highest BCUT2D eigenvalue weighted by atomic mass is 19.3. The highest BCUT2D eigenvalue weighted by molar-refractivity contribution is 5.97. The Kier molecular flexibility index (Phi) is 3.79. The number of halogens is 2. The van der Waals surface area contributed by atoms with Gasteiger partial charge in [-0.1, -0.05) is 12.1 Å². The molecule has 1 aromatic carbocycles. The Morgan fingerprint density at radius 2 is 2.06 bits per heavy atom. The third-order valence-corrected chi connectivity index (χ3v) is 3.04. The van der Waals surface area contributed by atoms with E-state index in [0.717, 1.165) is 12.8 Å². The van der Waals surface area contributed by atoms with E-state index in [0.29, 0.717) is 5.92 Å². The van der Waals surface area contributed by atoms with E-state index in [2.05, 4.69) is 10.1 Å². The lowest BCUT2D eigenvalue weighted by molar-refractivity contribution is -0.0501. The second-order valence-electron chi connectivity index (χ2n) is 4.47. The third kappa shape index (κ3) is 3.18. The first-order chi connectivity index (χ1) is 8.58. The Balaban J connectivity index is 2.08. The van der Waals surface area contributed by atoms with Gasteiger partial charge in [-0.05, 0) is 37.8 Å². The highest BCUT2D eigenvalue weighted by Crippen LogP contribution is 2.32. The summed E-state index contributed by atoms with van der Waals surface area (Å²) in [7, 11) is 0. The fraction of sp³-hybridized carbons (Fsp3) is 0.462. The van der Waals surface area contributed by atoms with Crippen LogP contribution in [0.25, 0.3) is 0 Å². The van der Waals surface area contributed by atoms with Crippen LogP contribution in [0.5, 0.6) is 5.75 Å². The van der Waals surface area contributed by atoms with Gasteiger partial charge in [-0.3, -0.25) is 4.79 Å². The fourth-order valence-electron chi connectivity index (χ4n) is 1.85. The van der Waals surface area contributed by atoms with E-state index in [1.807, 2.05) is 6.92 Å². The van der Waals surface area contributed by atoms with Crippen LogP contribution in [-0.4, -0.2) is 18.6 Å². The number of nitrogens with one attached hydrogen (secondary N) is 1. The van der Waals surface area contributed by atoms with Crippen molar-refractivity contribution in [1.29, 1.82) is 0 Å². The summed E-state index contributed by atoms with van der Waals surface area (Å²) < 4.78 is 28.8. The van der Waals surface area contributed by atoms with E-state index in [4.69, 9.17) is 0 Å². The molecule has 0 aromatic heterocycles. The zero-order chi connectivity index (χ0) is 13.1. The largest absolute Gasteiger partial charge is 0.434 e. The van der Waals surface area contributed by atoms with Gasteiger partial charge in [0.15, 0.2) is 0 Å². The summed E-state index contributed by atoms with van der Waals surface area (Å²) in [6, 6.07) is 6.08. The van der Waals surface area contributed by atoms with Crippen LogP contribution >= 0.6 is 0 Å². The monoisotopic (exact) mass is 255 g/mol. The SMILES string of the molecule is CC(NC(=O)c1ccccc1OC(F)F)C1CC1. The lowest BCUT2D eigenvalue weighted by atomic mass is 10.1. The smallest absolute Gasteiger partial charge is 0.387 e. The Bertz CT molecular complexity index is 433. The number of para-hydroxylation sites is 1. The molecule has 1 saturated carbocycles. The topological polar surface area (TPSA) is 38.3 Å². The molecule has 1 unspecified atom stereocenters. The lowest BCUT2D eigenvalue weighted by Crippen LogP contribution is -2.34. The number of benzene rings is 1. The molecule has 1 aliphatic rings. The number of rotatable bonds is 5.